The van der Waals surface area contributed by atoms with Gasteiger partial charge in [-0.25, -0.2) is 4.98 Å². The number of hydrogen-bond acceptors (Lipinski definition) is 2. The number of rotatable bonds is 3. The average Bonchev–Trinajstić information content (AvgIpc) is 2.59. The maximum absolute atomic E-state index is 5.70. The van der Waals surface area contributed by atoms with Crippen molar-refractivity contribution in [3.05, 3.63) is 53.1 Å². The lowest BCUT2D eigenvalue weighted by atomic mass is 10.2. The van der Waals surface area contributed by atoms with Gasteiger partial charge in [-0.15, -0.1) is 0 Å². The quantitative estimate of drug-likeness (QED) is 0.843. The Labute approximate surface area is 106 Å². The molecule has 0 fully saturated rings. The molecule has 0 amide bonds. The van der Waals surface area contributed by atoms with E-state index < -0.39 is 0 Å². The zero-order valence-electron chi connectivity index (χ0n) is 9.97. The number of nitrogens with two attached hydrogens (primary N) is 1. The van der Waals surface area contributed by atoms with Crippen molar-refractivity contribution < 1.29 is 0 Å². The molecule has 2 aromatic rings. The van der Waals surface area contributed by atoms with Gasteiger partial charge in [0.1, 0.15) is 4.99 Å². The van der Waals surface area contributed by atoms with E-state index in [0.29, 0.717) is 10.8 Å². The van der Waals surface area contributed by atoms with E-state index >= 15 is 0 Å². The van der Waals surface area contributed by atoms with Crippen molar-refractivity contribution in [3.63, 3.8) is 0 Å². The Morgan fingerprint density at radius 2 is 1.94 bits per heavy atom. The van der Waals surface area contributed by atoms with Crippen molar-refractivity contribution in [3.8, 4) is 0 Å². The molecule has 2 N–H and O–H groups in total. The highest BCUT2D eigenvalue weighted by molar-refractivity contribution is 7.80. The van der Waals surface area contributed by atoms with Crippen molar-refractivity contribution in [2.24, 2.45) is 5.73 Å². The summed E-state index contributed by atoms with van der Waals surface area (Å²) >= 11 is 5.03. The highest BCUT2D eigenvalue weighted by Crippen LogP contribution is 2.13. The van der Waals surface area contributed by atoms with Gasteiger partial charge in [0.25, 0.3) is 0 Å². The second-order valence-corrected chi connectivity index (χ2v) is 4.48. The van der Waals surface area contributed by atoms with E-state index in [-0.39, 0.29) is 0 Å². The van der Waals surface area contributed by atoms with Crippen LogP contribution in [0.15, 0.2) is 30.3 Å². The van der Waals surface area contributed by atoms with Crippen LogP contribution in [0.5, 0.6) is 0 Å². The summed E-state index contributed by atoms with van der Waals surface area (Å²) in [5.74, 6) is 0.693. The van der Waals surface area contributed by atoms with E-state index in [1.165, 1.54) is 5.56 Å². The Balaban J connectivity index is 2.41. The topological polar surface area (TPSA) is 43.8 Å². The molecular formula is C13H15N3S. The summed E-state index contributed by atoms with van der Waals surface area (Å²) in [7, 11) is 0. The Morgan fingerprint density at radius 1 is 1.29 bits per heavy atom. The predicted molar refractivity (Wildman–Crippen MR) is 73.1 cm³/mol. The van der Waals surface area contributed by atoms with Crippen LogP contribution >= 0.6 is 12.2 Å². The maximum atomic E-state index is 5.70. The number of nitrogens with zero attached hydrogens (tertiary/aromatic N) is 2. The standard InChI is InChI=1S/C13H15N3S/c1-9-10(2)16(13(15-9)12(14)17)8-11-6-4-3-5-7-11/h3-7H,8H2,1-2H3,(H2,14,17). The van der Waals surface area contributed by atoms with Crippen molar-refractivity contribution in [1.29, 1.82) is 0 Å². The summed E-state index contributed by atoms with van der Waals surface area (Å²) in [5, 5.41) is 0. The van der Waals surface area contributed by atoms with Gasteiger partial charge in [-0.1, -0.05) is 42.5 Å². The molecule has 2 rings (SSSR count). The normalized spacial score (nSPS) is 10.5. The van der Waals surface area contributed by atoms with E-state index in [9.17, 15) is 0 Å². The minimum atomic E-state index is 0.345. The van der Waals surface area contributed by atoms with Gasteiger partial charge in [0.2, 0.25) is 0 Å². The first-order chi connectivity index (χ1) is 8.09. The number of benzene rings is 1. The SMILES string of the molecule is Cc1nc(C(N)=S)n(Cc2ccccc2)c1C. The Hall–Kier alpha value is -1.68. The highest BCUT2D eigenvalue weighted by atomic mass is 32.1. The molecule has 1 aromatic carbocycles. The molecule has 0 saturated heterocycles. The monoisotopic (exact) mass is 245 g/mol. The van der Waals surface area contributed by atoms with E-state index in [0.717, 1.165) is 17.9 Å². The van der Waals surface area contributed by atoms with Gasteiger partial charge in [-0.2, -0.15) is 0 Å². The van der Waals surface area contributed by atoms with Gasteiger partial charge >= 0.3 is 0 Å². The third-order valence-electron chi connectivity index (χ3n) is 2.86. The molecule has 3 nitrogen and oxygen atoms in total. The third-order valence-corrected chi connectivity index (χ3v) is 3.04. The first-order valence-electron chi connectivity index (χ1n) is 5.47. The van der Waals surface area contributed by atoms with Crippen molar-refractivity contribution >= 4 is 17.2 Å². The second kappa shape index (κ2) is 4.67. The molecule has 1 heterocycles. The average molecular weight is 245 g/mol. The minimum absolute atomic E-state index is 0.345. The largest absolute Gasteiger partial charge is 0.387 e. The third kappa shape index (κ3) is 2.36. The molecule has 0 aliphatic carbocycles. The first-order valence-corrected chi connectivity index (χ1v) is 5.88. The minimum Gasteiger partial charge on any atom is -0.387 e. The number of aryl methyl sites for hydroxylation is 1. The summed E-state index contributed by atoms with van der Waals surface area (Å²) < 4.78 is 2.06. The van der Waals surface area contributed by atoms with Gasteiger partial charge in [-0.3, -0.25) is 0 Å². The Morgan fingerprint density at radius 3 is 2.53 bits per heavy atom. The Bertz CT molecular complexity index is 543. The van der Waals surface area contributed by atoms with Crippen molar-refractivity contribution in [2.45, 2.75) is 20.4 Å². The molecular weight excluding hydrogens is 230 g/mol. The molecule has 0 atom stereocenters. The van der Waals surface area contributed by atoms with Crippen LogP contribution in [0, 0.1) is 13.8 Å². The fourth-order valence-electron chi connectivity index (χ4n) is 1.80. The number of imidazole rings is 1. The van der Waals surface area contributed by atoms with Gasteiger partial charge in [0.15, 0.2) is 5.82 Å². The van der Waals surface area contributed by atoms with Crippen LogP contribution in [-0.2, 0) is 6.54 Å². The second-order valence-electron chi connectivity index (χ2n) is 4.04. The molecule has 0 unspecified atom stereocenters. The van der Waals surface area contributed by atoms with E-state index in [2.05, 4.69) is 21.7 Å². The van der Waals surface area contributed by atoms with Crippen LogP contribution in [-0.4, -0.2) is 14.5 Å². The van der Waals surface area contributed by atoms with Crippen molar-refractivity contribution in [1.82, 2.24) is 9.55 Å². The van der Waals surface area contributed by atoms with Crippen LogP contribution in [0.4, 0.5) is 0 Å². The van der Waals surface area contributed by atoms with Gasteiger partial charge in [0, 0.05) is 12.2 Å². The molecule has 88 valence electrons. The van der Waals surface area contributed by atoms with E-state index in [4.69, 9.17) is 18.0 Å². The summed E-state index contributed by atoms with van der Waals surface area (Å²) in [5.41, 5.74) is 9.00. The van der Waals surface area contributed by atoms with Crippen molar-refractivity contribution in [2.75, 3.05) is 0 Å². The summed E-state index contributed by atoms with van der Waals surface area (Å²) in [6.07, 6.45) is 0. The van der Waals surface area contributed by atoms with Gasteiger partial charge in [0.05, 0.1) is 5.69 Å². The zero-order chi connectivity index (χ0) is 12.4. The van der Waals surface area contributed by atoms with Crippen LogP contribution in [0.1, 0.15) is 22.8 Å². The van der Waals surface area contributed by atoms with Crippen LogP contribution in [0.2, 0.25) is 0 Å². The molecule has 0 bridgehead atoms. The molecule has 0 radical (unpaired) electrons. The van der Waals surface area contributed by atoms with Crippen LogP contribution in [0.25, 0.3) is 0 Å². The van der Waals surface area contributed by atoms with E-state index in [1.54, 1.807) is 0 Å². The number of thiocarbonyl (C=S) groups is 1. The molecule has 4 heteroatoms. The summed E-state index contributed by atoms with van der Waals surface area (Å²) in [6.45, 7) is 4.76. The first kappa shape index (κ1) is 11.8. The Kier molecular flexibility index (Phi) is 3.24. The fraction of sp³-hybridized carbons (Fsp3) is 0.231. The highest BCUT2D eigenvalue weighted by Gasteiger charge is 2.12. The lowest BCUT2D eigenvalue weighted by Crippen LogP contribution is -2.18. The molecule has 17 heavy (non-hydrogen) atoms. The predicted octanol–water partition coefficient (Wildman–Crippen LogP) is 2.18. The smallest absolute Gasteiger partial charge is 0.168 e. The number of aromatic nitrogens is 2. The summed E-state index contributed by atoms with van der Waals surface area (Å²) in [4.78, 5) is 4.75. The lowest BCUT2D eigenvalue weighted by molar-refractivity contribution is 0.761. The molecule has 0 spiro atoms. The molecule has 0 aliphatic heterocycles. The zero-order valence-corrected chi connectivity index (χ0v) is 10.8. The molecule has 0 aliphatic rings. The fourth-order valence-corrected chi connectivity index (χ4v) is 1.96. The van der Waals surface area contributed by atoms with Gasteiger partial charge < -0.3 is 10.3 Å². The summed E-state index contributed by atoms with van der Waals surface area (Å²) in [6, 6.07) is 10.2. The number of hydrogen-bond donors (Lipinski definition) is 1. The van der Waals surface area contributed by atoms with Gasteiger partial charge in [-0.05, 0) is 19.4 Å². The van der Waals surface area contributed by atoms with Crippen LogP contribution < -0.4 is 5.73 Å². The maximum Gasteiger partial charge on any atom is 0.168 e. The molecule has 0 saturated carbocycles. The molecule has 1 aromatic heterocycles. The lowest BCUT2D eigenvalue weighted by Gasteiger charge is -2.09. The van der Waals surface area contributed by atoms with E-state index in [1.807, 2.05) is 32.0 Å². The van der Waals surface area contributed by atoms with Crippen LogP contribution in [0.3, 0.4) is 0 Å².